The molecule has 0 aromatic carbocycles. The van der Waals surface area contributed by atoms with Crippen LogP contribution in [-0.4, -0.2) is 27.9 Å². The van der Waals surface area contributed by atoms with Crippen molar-refractivity contribution in [1.82, 2.24) is 19.4 Å². The quantitative estimate of drug-likeness (QED) is 0.738. The SMILES string of the molecule is CC(C)CNCC(C)NCc1cnsn1. The third-order valence-corrected chi connectivity index (χ3v) is 2.56. The smallest absolute Gasteiger partial charge is 0.0880 e. The molecule has 0 aliphatic carbocycles. The number of nitrogens with one attached hydrogen (secondary N) is 2. The van der Waals surface area contributed by atoms with Crippen LogP contribution in [0.4, 0.5) is 0 Å². The summed E-state index contributed by atoms with van der Waals surface area (Å²) in [7, 11) is 0. The summed E-state index contributed by atoms with van der Waals surface area (Å²) >= 11 is 1.26. The molecule has 1 atom stereocenters. The van der Waals surface area contributed by atoms with Gasteiger partial charge in [-0.3, -0.25) is 0 Å². The van der Waals surface area contributed by atoms with E-state index >= 15 is 0 Å². The Morgan fingerprint density at radius 2 is 2.13 bits per heavy atom. The summed E-state index contributed by atoms with van der Waals surface area (Å²) < 4.78 is 8.10. The van der Waals surface area contributed by atoms with Gasteiger partial charge in [0.1, 0.15) is 0 Å². The van der Waals surface area contributed by atoms with Gasteiger partial charge < -0.3 is 10.6 Å². The Hall–Kier alpha value is -0.520. The highest BCUT2D eigenvalue weighted by atomic mass is 32.1. The van der Waals surface area contributed by atoms with Crippen molar-refractivity contribution in [1.29, 1.82) is 0 Å². The van der Waals surface area contributed by atoms with Gasteiger partial charge in [0.05, 0.1) is 23.6 Å². The molecule has 15 heavy (non-hydrogen) atoms. The van der Waals surface area contributed by atoms with Gasteiger partial charge >= 0.3 is 0 Å². The van der Waals surface area contributed by atoms with Crippen molar-refractivity contribution in [3.05, 3.63) is 11.9 Å². The lowest BCUT2D eigenvalue weighted by molar-refractivity contribution is 0.470. The Labute approximate surface area is 95.8 Å². The molecule has 1 heterocycles. The largest absolute Gasteiger partial charge is 0.315 e. The lowest BCUT2D eigenvalue weighted by Crippen LogP contribution is -2.37. The molecule has 0 saturated carbocycles. The Kier molecular flexibility index (Phi) is 5.75. The standard InChI is InChI=1S/C10H20N4S/c1-8(2)4-11-5-9(3)12-6-10-7-13-15-14-10/h7-9,11-12H,4-6H2,1-3H3. The van der Waals surface area contributed by atoms with Crippen LogP contribution in [0.2, 0.25) is 0 Å². The first kappa shape index (κ1) is 12.5. The summed E-state index contributed by atoms with van der Waals surface area (Å²) in [5.41, 5.74) is 1.02. The van der Waals surface area contributed by atoms with Crippen molar-refractivity contribution in [2.24, 2.45) is 5.92 Å². The zero-order valence-corrected chi connectivity index (χ0v) is 10.5. The maximum absolute atomic E-state index is 4.14. The molecular formula is C10H20N4S. The van der Waals surface area contributed by atoms with Crippen LogP contribution in [0.15, 0.2) is 6.20 Å². The molecule has 0 fully saturated rings. The van der Waals surface area contributed by atoms with E-state index in [1.807, 2.05) is 6.20 Å². The first-order chi connectivity index (χ1) is 7.18. The zero-order chi connectivity index (χ0) is 11.1. The number of aromatic nitrogens is 2. The average molecular weight is 228 g/mol. The lowest BCUT2D eigenvalue weighted by atomic mass is 10.2. The zero-order valence-electron chi connectivity index (χ0n) is 9.66. The molecule has 1 aromatic heterocycles. The van der Waals surface area contributed by atoms with Gasteiger partial charge in [-0.05, 0) is 19.4 Å². The van der Waals surface area contributed by atoms with Gasteiger partial charge in [-0.25, -0.2) is 0 Å². The van der Waals surface area contributed by atoms with E-state index in [0.717, 1.165) is 25.3 Å². The fraction of sp³-hybridized carbons (Fsp3) is 0.800. The maximum atomic E-state index is 4.14. The predicted octanol–water partition coefficient (Wildman–Crippen LogP) is 1.26. The Bertz CT molecular complexity index is 248. The molecule has 0 aliphatic heterocycles. The Balaban J connectivity index is 2.06. The molecule has 2 N–H and O–H groups in total. The molecule has 0 bridgehead atoms. The van der Waals surface area contributed by atoms with Gasteiger partial charge in [0.15, 0.2) is 0 Å². The molecule has 0 spiro atoms. The second kappa shape index (κ2) is 6.87. The Morgan fingerprint density at radius 1 is 1.33 bits per heavy atom. The van der Waals surface area contributed by atoms with Crippen molar-refractivity contribution < 1.29 is 0 Å². The van der Waals surface area contributed by atoms with E-state index in [2.05, 4.69) is 40.2 Å². The summed E-state index contributed by atoms with van der Waals surface area (Å²) in [5, 5.41) is 6.82. The van der Waals surface area contributed by atoms with E-state index < -0.39 is 0 Å². The molecule has 4 nitrogen and oxygen atoms in total. The summed E-state index contributed by atoms with van der Waals surface area (Å²) in [5.74, 6) is 0.708. The molecule has 0 amide bonds. The van der Waals surface area contributed by atoms with E-state index in [-0.39, 0.29) is 0 Å². The highest BCUT2D eigenvalue weighted by molar-refractivity contribution is 6.99. The number of hydrogen-bond acceptors (Lipinski definition) is 5. The first-order valence-corrected chi connectivity index (χ1v) is 6.12. The molecule has 5 heteroatoms. The van der Waals surface area contributed by atoms with E-state index in [4.69, 9.17) is 0 Å². The van der Waals surface area contributed by atoms with E-state index in [0.29, 0.717) is 12.0 Å². The minimum absolute atomic E-state index is 0.463. The van der Waals surface area contributed by atoms with Crippen LogP contribution < -0.4 is 10.6 Å². The minimum atomic E-state index is 0.463. The van der Waals surface area contributed by atoms with Crippen LogP contribution in [0.1, 0.15) is 26.5 Å². The maximum Gasteiger partial charge on any atom is 0.0880 e. The molecule has 1 rings (SSSR count). The van der Waals surface area contributed by atoms with Crippen molar-refractivity contribution in [2.45, 2.75) is 33.4 Å². The molecule has 0 aliphatic rings. The van der Waals surface area contributed by atoms with Crippen LogP contribution in [0.3, 0.4) is 0 Å². The van der Waals surface area contributed by atoms with Crippen LogP contribution in [-0.2, 0) is 6.54 Å². The van der Waals surface area contributed by atoms with E-state index in [1.54, 1.807) is 0 Å². The summed E-state index contributed by atoms with van der Waals surface area (Å²) in [4.78, 5) is 0. The number of rotatable bonds is 7. The van der Waals surface area contributed by atoms with Gasteiger partial charge in [0.2, 0.25) is 0 Å². The van der Waals surface area contributed by atoms with Gasteiger partial charge in [0, 0.05) is 19.1 Å². The molecule has 0 radical (unpaired) electrons. The predicted molar refractivity (Wildman–Crippen MR) is 63.9 cm³/mol. The normalized spacial score (nSPS) is 13.3. The fourth-order valence-corrected chi connectivity index (χ4v) is 1.63. The Morgan fingerprint density at radius 3 is 2.73 bits per heavy atom. The van der Waals surface area contributed by atoms with Crippen LogP contribution in [0.25, 0.3) is 0 Å². The average Bonchev–Trinajstić information content (AvgIpc) is 2.66. The summed E-state index contributed by atoms with van der Waals surface area (Å²) in [6.07, 6.45) is 1.81. The summed E-state index contributed by atoms with van der Waals surface area (Å²) in [6, 6.07) is 0.463. The van der Waals surface area contributed by atoms with Crippen molar-refractivity contribution in [3.63, 3.8) is 0 Å². The minimum Gasteiger partial charge on any atom is -0.315 e. The van der Waals surface area contributed by atoms with Gasteiger partial charge in [-0.1, -0.05) is 13.8 Å². The van der Waals surface area contributed by atoms with Crippen molar-refractivity contribution >= 4 is 11.7 Å². The van der Waals surface area contributed by atoms with Crippen LogP contribution in [0, 0.1) is 5.92 Å². The topological polar surface area (TPSA) is 49.8 Å². The lowest BCUT2D eigenvalue weighted by Gasteiger charge is -2.14. The fourth-order valence-electron chi connectivity index (χ4n) is 1.20. The second-order valence-electron chi connectivity index (χ2n) is 4.23. The highest BCUT2D eigenvalue weighted by Gasteiger charge is 2.02. The van der Waals surface area contributed by atoms with Crippen molar-refractivity contribution in [2.75, 3.05) is 13.1 Å². The third-order valence-electron chi connectivity index (χ3n) is 2.04. The number of nitrogens with zero attached hydrogens (tertiary/aromatic N) is 2. The van der Waals surface area contributed by atoms with Gasteiger partial charge in [-0.15, -0.1) is 0 Å². The summed E-state index contributed by atoms with van der Waals surface area (Å²) in [6.45, 7) is 9.48. The second-order valence-corrected chi connectivity index (χ2v) is 4.79. The van der Waals surface area contributed by atoms with Crippen LogP contribution >= 0.6 is 11.7 Å². The van der Waals surface area contributed by atoms with Crippen molar-refractivity contribution in [3.8, 4) is 0 Å². The molecule has 1 unspecified atom stereocenters. The van der Waals surface area contributed by atoms with Crippen LogP contribution in [0.5, 0.6) is 0 Å². The number of hydrogen-bond donors (Lipinski definition) is 2. The van der Waals surface area contributed by atoms with E-state index in [1.165, 1.54) is 11.7 Å². The monoisotopic (exact) mass is 228 g/mol. The third kappa shape index (κ3) is 5.81. The highest BCUT2D eigenvalue weighted by Crippen LogP contribution is 1.95. The molecule has 0 saturated heterocycles. The molecule has 1 aromatic rings. The van der Waals surface area contributed by atoms with Gasteiger partial charge in [0.25, 0.3) is 0 Å². The van der Waals surface area contributed by atoms with Gasteiger partial charge in [-0.2, -0.15) is 8.75 Å². The first-order valence-electron chi connectivity index (χ1n) is 5.39. The van der Waals surface area contributed by atoms with E-state index in [9.17, 15) is 0 Å². The molecule has 86 valence electrons. The molecular weight excluding hydrogens is 208 g/mol.